The Bertz CT molecular complexity index is 673. The molecular formula is C14H17N3O3S. The van der Waals surface area contributed by atoms with Crippen LogP contribution >= 0.6 is 11.3 Å². The number of nitrogens with zero attached hydrogens (tertiary/aromatic N) is 2. The monoisotopic (exact) mass is 307 g/mol. The van der Waals surface area contributed by atoms with Gasteiger partial charge >= 0.3 is 5.97 Å². The van der Waals surface area contributed by atoms with E-state index in [-0.39, 0.29) is 16.7 Å². The Labute approximate surface area is 126 Å². The van der Waals surface area contributed by atoms with Gasteiger partial charge in [-0.05, 0) is 30.4 Å². The predicted molar refractivity (Wildman–Crippen MR) is 81.2 cm³/mol. The quantitative estimate of drug-likeness (QED) is 0.889. The number of nitrogens with one attached hydrogen (secondary N) is 1. The van der Waals surface area contributed by atoms with Crippen LogP contribution in [-0.4, -0.2) is 26.8 Å². The fraction of sp³-hybridized carbons (Fsp3) is 0.357. The molecule has 0 unspecified atom stereocenters. The number of anilines is 1. The lowest BCUT2D eigenvalue weighted by molar-refractivity contribution is 0.0703. The molecule has 2 aromatic rings. The van der Waals surface area contributed by atoms with Gasteiger partial charge in [0.2, 0.25) is 0 Å². The summed E-state index contributed by atoms with van der Waals surface area (Å²) in [5, 5.41) is 17.7. The molecule has 0 aromatic carbocycles. The van der Waals surface area contributed by atoms with Gasteiger partial charge in [0, 0.05) is 6.54 Å². The Morgan fingerprint density at radius 3 is 2.76 bits per heavy atom. The maximum atomic E-state index is 12.3. The summed E-state index contributed by atoms with van der Waals surface area (Å²) >= 11 is 1.08. The summed E-state index contributed by atoms with van der Waals surface area (Å²) < 4.78 is 1.62. The zero-order chi connectivity index (χ0) is 15.6. The first-order valence-electron chi connectivity index (χ1n) is 6.63. The maximum Gasteiger partial charge on any atom is 0.348 e. The van der Waals surface area contributed by atoms with E-state index in [9.17, 15) is 9.59 Å². The van der Waals surface area contributed by atoms with Crippen molar-refractivity contribution in [3.05, 3.63) is 33.8 Å². The van der Waals surface area contributed by atoms with Crippen LogP contribution in [0.15, 0.2) is 17.5 Å². The average Bonchev–Trinajstić information content (AvgIpc) is 3.04. The van der Waals surface area contributed by atoms with Crippen molar-refractivity contribution < 1.29 is 14.7 Å². The number of aromatic carboxylic acids is 1. The normalized spacial score (nSPS) is 10.9. The predicted octanol–water partition coefficient (Wildman–Crippen LogP) is 3.04. The third-order valence-electron chi connectivity index (χ3n) is 3.03. The number of aromatic nitrogens is 2. The van der Waals surface area contributed by atoms with Crippen LogP contribution in [0.1, 0.15) is 52.5 Å². The summed E-state index contributed by atoms with van der Waals surface area (Å²) in [5.41, 5.74) is 1.59. The molecular weight excluding hydrogens is 290 g/mol. The van der Waals surface area contributed by atoms with Crippen molar-refractivity contribution in [2.75, 3.05) is 5.32 Å². The van der Waals surface area contributed by atoms with E-state index >= 15 is 0 Å². The molecule has 0 bridgehead atoms. The van der Waals surface area contributed by atoms with Crippen molar-refractivity contribution in [2.24, 2.45) is 0 Å². The topological polar surface area (TPSA) is 84.2 Å². The van der Waals surface area contributed by atoms with Gasteiger partial charge in [-0.15, -0.1) is 11.3 Å². The summed E-state index contributed by atoms with van der Waals surface area (Å²) in [4.78, 5) is 23.5. The van der Waals surface area contributed by atoms with Crippen LogP contribution in [0, 0.1) is 0 Å². The molecule has 0 radical (unpaired) electrons. The standard InChI is InChI=1S/C14H17N3O3S/c1-4-17-11(7-10(16-17)8(2)3)13(18)15-9-5-6-21-12(9)14(19)20/h5-8H,4H2,1-3H3,(H,15,18)(H,19,20). The molecule has 6 nitrogen and oxygen atoms in total. The van der Waals surface area contributed by atoms with E-state index in [4.69, 9.17) is 5.11 Å². The van der Waals surface area contributed by atoms with Crippen LogP contribution < -0.4 is 5.32 Å². The third-order valence-corrected chi connectivity index (χ3v) is 3.93. The average molecular weight is 307 g/mol. The number of amides is 1. The van der Waals surface area contributed by atoms with Crippen molar-refractivity contribution in [1.29, 1.82) is 0 Å². The number of thiophene rings is 1. The van der Waals surface area contributed by atoms with Crippen molar-refractivity contribution in [2.45, 2.75) is 33.2 Å². The Kier molecular flexibility index (Phi) is 4.42. The third kappa shape index (κ3) is 3.13. The summed E-state index contributed by atoms with van der Waals surface area (Å²) in [7, 11) is 0. The van der Waals surface area contributed by atoms with Crippen LogP contribution in [0.5, 0.6) is 0 Å². The summed E-state index contributed by atoms with van der Waals surface area (Å²) in [6, 6.07) is 3.33. The summed E-state index contributed by atoms with van der Waals surface area (Å²) in [5.74, 6) is -1.18. The molecule has 0 atom stereocenters. The fourth-order valence-corrected chi connectivity index (χ4v) is 2.59. The number of carbonyl (C=O) groups excluding carboxylic acids is 1. The van der Waals surface area contributed by atoms with Gasteiger partial charge in [0.15, 0.2) is 0 Å². The number of hydrogen-bond acceptors (Lipinski definition) is 4. The molecule has 1 amide bonds. The number of carbonyl (C=O) groups is 2. The van der Waals surface area contributed by atoms with Gasteiger partial charge in [-0.3, -0.25) is 9.48 Å². The first-order valence-corrected chi connectivity index (χ1v) is 7.51. The molecule has 2 rings (SSSR count). The van der Waals surface area contributed by atoms with Crippen LogP contribution in [0.4, 0.5) is 5.69 Å². The van der Waals surface area contributed by atoms with Crippen molar-refractivity contribution in [3.63, 3.8) is 0 Å². The highest BCUT2D eigenvalue weighted by Crippen LogP contribution is 2.23. The molecule has 21 heavy (non-hydrogen) atoms. The highest BCUT2D eigenvalue weighted by Gasteiger charge is 2.19. The van der Waals surface area contributed by atoms with E-state index in [0.29, 0.717) is 17.9 Å². The largest absolute Gasteiger partial charge is 0.477 e. The van der Waals surface area contributed by atoms with Crippen LogP contribution in [0.2, 0.25) is 0 Å². The minimum atomic E-state index is -1.05. The molecule has 0 aliphatic rings. The first kappa shape index (κ1) is 15.2. The van der Waals surface area contributed by atoms with Gasteiger partial charge < -0.3 is 10.4 Å². The van der Waals surface area contributed by atoms with Crippen molar-refractivity contribution in [3.8, 4) is 0 Å². The number of carboxylic acids is 1. The van der Waals surface area contributed by atoms with Crippen molar-refractivity contribution in [1.82, 2.24) is 9.78 Å². The van der Waals surface area contributed by atoms with E-state index in [1.807, 2.05) is 20.8 Å². The first-order chi connectivity index (χ1) is 9.93. The van der Waals surface area contributed by atoms with Gasteiger partial charge in [0.05, 0.1) is 11.4 Å². The molecule has 0 saturated carbocycles. The molecule has 2 heterocycles. The lowest BCUT2D eigenvalue weighted by Gasteiger charge is -2.06. The van der Waals surface area contributed by atoms with E-state index < -0.39 is 5.97 Å². The molecule has 0 saturated heterocycles. The van der Waals surface area contributed by atoms with Gasteiger partial charge in [-0.2, -0.15) is 5.10 Å². The number of rotatable bonds is 5. The van der Waals surface area contributed by atoms with Crippen LogP contribution in [0.25, 0.3) is 0 Å². The Hall–Kier alpha value is -2.15. The Balaban J connectivity index is 2.28. The van der Waals surface area contributed by atoms with Crippen molar-refractivity contribution >= 4 is 28.9 Å². The van der Waals surface area contributed by atoms with Gasteiger partial charge in [-0.25, -0.2) is 4.79 Å². The van der Waals surface area contributed by atoms with E-state index in [1.54, 1.807) is 22.2 Å². The molecule has 2 aromatic heterocycles. The number of carboxylic acid groups (broad SMARTS) is 1. The fourth-order valence-electron chi connectivity index (χ4n) is 1.90. The Morgan fingerprint density at radius 2 is 2.19 bits per heavy atom. The highest BCUT2D eigenvalue weighted by atomic mass is 32.1. The minimum absolute atomic E-state index is 0.120. The van der Waals surface area contributed by atoms with Gasteiger partial charge in [-0.1, -0.05) is 13.8 Å². The molecule has 0 spiro atoms. The second-order valence-electron chi connectivity index (χ2n) is 4.85. The van der Waals surface area contributed by atoms with E-state index in [0.717, 1.165) is 17.0 Å². The number of hydrogen-bond donors (Lipinski definition) is 2. The lowest BCUT2D eigenvalue weighted by atomic mass is 10.1. The number of aryl methyl sites for hydroxylation is 1. The van der Waals surface area contributed by atoms with Crippen LogP contribution in [-0.2, 0) is 6.54 Å². The molecule has 0 fully saturated rings. The minimum Gasteiger partial charge on any atom is -0.477 e. The van der Waals surface area contributed by atoms with Gasteiger partial charge in [0.25, 0.3) is 5.91 Å². The second-order valence-corrected chi connectivity index (χ2v) is 5.76. The van der Waals surface area contributed by atoms with Gasteiger partial charge in [0.1, 0.15) is 10.6 Å². The molecule has 0 aliphatic heterocycles. The summed E-state index contributed by atoms with van der Waals surface area (Å²) in [6.45, 7) is 6.49. The zero-order valence-electron chi connectivity index (χ0n) is 12.1. The molecule has 7 heteroatoms. The Morgan fingerprint density at radius 1 is 1.48 bits per heavy atom. The molecule has 112 valence electrons. The van der Waals surface area contributed by atoms with Crippen LogP contribution in [0.3, 0.4) is 0 Å². The molecule has 0 aliphatic carbocycles. The smallest absolute Gasteiger partial charge is 0.348 e. The maximum absolute atomic E-state index is 12.3. The van der Waals surface area contributed by atoms with E-state index in [1.165, 1.54) is 0 Å². The highest BCUT2D eigenvalue weighted by molar-refractivity contribution is 7.12. The lowest BCUT2D eigenvalue weighted by Crippen LogP contribution is -2.18. The summed E-state index contributed by atoms with van der Waals surface area (Å²) in [6.07, 6.45) is 0. The molecule has 2 N–H and O–H groups in total. The SMILES string of the molecule is CCn1nc(C(C)C)cc1C(=O)Nc1ccsc1C(=O)O. The van der Waals surface area contributed by atoms with E-state index in [2.05, 4.69) is 10.4 Å². The second kappa shape index (κ2) is 6.09. The zero-order valence-corrected chi connectivity index (χ0v) is 12.9.